The summed E-state index contributed by atoms with van der Waals surface area (Å²) < 4.78 is 0. The molecule has 0 radical (unpaired) electrons. The van der Waals surface area contributed by atoms with E-state index in [2.05, 4.69) is 5.32 Å². The molecule has 0 saturated heterocycles. The van der Waals surface area contributed by atoms with E-state index >= 15 is 0 Å². The Morgan fingerprint density at radius 1 is 1.19 bits per heavy atom. The van der Waals surface area contributed by atoms with Crippen LogP contribution in [0.3, 0.4) is 0 Å². The number of carboxylic acids is 1. The van der Waals surface area contributed by atoms with Crippen LogP contribution in [0, 0.1) is 0 Å². The van der Waals surface area contributed by atoms with Crippen molar-refractivity contribution in [3.05, 3.63) is 56.9 Å². The van der Waals surface area contributed by atoms with E-state index in [1.54, 1.807) is 18.2 Å². The molecule has 1 heterocycles. The van der Waals surface area contributed by atoms with Gasteiger partial charge in [-0.2, -0.15) is 0 Å². The van der Waals surface area contributed by atoms with Crippen LogP contribution in [0.1, 0.15) is 15.2 Å². The molecule has 0 saturated carbocycles. The highest BCUT2D eigenvalue weighted by atomic mass is 35.5. The van der Waals surface area contributed by atoms with Crippen molar-refractivity contribution in [2.45, 2.75) is 0 Å². The zero-order valence-electron chi connectivity index (χ0n) is 10.5. The van der Waals surface area contributed by atoms with Gasteiger partial charge >= 0.3 is 5.97 Å². The van der Waals surface area contributed by atoms with Crippen LogP contribution in [0.4, 0.5) is 5.00 Å². The van der Waals surface area contributed by atoms with Crippen LogP contribution >= 0.6 is 34.5 Å². The van der Waals surface area contributed by atoms with Crippen LogP contribution in [0.15, 0.2) is 36.4 Å². The second-order valence-corrected chi connectivity index (χ2v) is 5.80. The molecule has 108 valence electrons. The third kappa shape index (κ3) is 4.07. The first-order valence-electron chi connectivity index (χ1n) is 5.73. The first kappa shape index (κ1) is 15.6. The van der Waals surface area contributed by atoms with Gasteiger partial charge in [-0.3, -0.25) is 4.79 Å². The van der Waals surface area contributed by atoms with Crippen molar-refractivity contribution in [1.82, 2.24) is 0 Å². The molecule has 1 aromatic heterocycles. The number of rotatable bonds is 4. The predicted molar refractivity (Wildman–Crippen MR) is 85.4 cm³/mol. The molecule has 0 aliphatic rings. The van der Waals surface area contributed by atoms with Gasteiger partial charge in [0.1, 0.15) is 4.88 Å². The molecule has 0 fully saturated rings. The predicted octanol–water partition coefficient (Wildman–Crippen LogP) is 4.41. The van der Waals surface area contributed by atoms with Gasteiger partial charge in [-0.05, 0) is 29.8 Å². The fraction of sp³-hybridized carbons (Fsp3) is 0. The number of hydrogen-bond acceptors (Lipinski definition) is 3. The lowest BCUT2D eigenvalue weighted by atomic mass is 10.2. The number of carbonyl (C=O) groups is 2. The number of nitrogens with one attached hydrogen (secondary N) is 1. The van der Waals surface area contributed by atoms with Gasteiger partial charge in [0, 0.05) is 6.08 Å². The van der Waals surface area contributed by atoms with Crippen LogP contribution in [0.5, 0.6) is 0 Å². The fourth-order valence-electron chi connectivity index (χ4n) is 1.50. The van der Waals surface area contributed by atoms with Crippen LogP contribution in [-0.4, -0.2) is 17.0 Å². The Hall–Kier alpha value is -1.82. The van der Waals surface area contributed by atoms with Crippen LogP contribution < -0.4 is 5.32 Å². The van der Waals surface area contributed by atoms with Gasteiger partial charge in [0.05, 0.1) is 15.0 Å². The molecule has 2 rings (SSSR count). The average molecular weight is 342 g/mol. The van der Waals surface area contributed by atoms with Gasteiger partial charge in [0.25, 0.3) is 0 Å². The quantitative estimate of drug-likeness (QED) is 0.809. The molecule has 0 aliphatic heterocycles. The van der Waals surface area contributed by atoms with E-state index < -0.39 is 5.97 Å². The number of hydrogen-bond donors (Lipinski definition) is 2. The molecule has 0 aliphatic carbocycles. The summed E-state index contributed by atoms with van der Waals surface area (Å²) in [4.78, 5) is 22.6. The van der Waals surface area contributed by atoms with Crippen molar-refractivity contribution >= 4 is 57.5 Å². The molecule has 0 atom stereocenters. The number of anilines is 1. The number of benzene rings is 1. The minimum atomic E-state index is -1.03. The Bertz CT molecular complexity index is 725. The molecule has 0 bridgehead atoms. The highest BCUT2D eigenvalue weighted by Gasteiger charge is 2.08. The molecule has 1 amide bonds. The zero-order chi connectivity index (χ0) is 15.4. The summed E-state index contributed by atoms with van der Waals surface area (Å²) in [6, 6.07) is 8.07. The normalized spacial score (nSPS) is 10.8. The average Bonchev–Trinajstić information content (AvgIpc) is 2.89. The standard InChI is InChI=1S/C14H9Cl2NO3S/c15-9-3-1-2-8(13(9)16)4-6-11(18)17-12-7-5-10(21-12)14(19)20/h1-7H,(H,17,18)(H,19,20)/b6-4+. The molecule has 21 heavy (non-hydrogen) atoms. The van der Waals surface area contributed by atoms with E-state index in [0.717, 1.165) is 11.3 Å². The topological polar surface area (TPSA) is 66.4 Å². The lowest BCUT2D eigenvalue weighted by Gasteiger charge is -2.00. The molecule has 1 aromatic carbocycles. The minimum absolute atomic E-state index is 0.159. The van der Waals surface area contributed by atoms with Crippen molar-refractivity contribution in [2.24, 2.45) is 0 Å². The lowest BCUT2D eigenvalue weighted by molar-refractivity contribution is -0.111. The van der Waals surface area contributed by atoms with Gasteiger partial charge in [-0.1, -0.05) is 35.3 Å². The smallest absolute Gasteiger partial charge is 0.345 e. The fourth-order valence-corrected chi connectivity index (χ4v) is 2.62. The van der Waals surface area contributed by atoms with E-state index in [1.165, 1.54) is 24.3 Å². The summed E-state index contributed by atoms with van der Waals surface area (Å²) in [5.41, 5.74) is 0.622. The van der Waals surface area contributed by atoms with E-state index in [4.69, 9.17) is 28.3 Å². The SMILES string of the molecule is O=C(/C=C/c1cccc(Cl)c1Cl)Nc1ccc(C(=O)O)s1. The molecule has 2 aromatic rings. The first-order chi connectivity index (χ1) is 9.97. The van der Waals surface area contributed by atoms with Gasteiger partial charge in [0.15, 0.2) is 0 Å². The van der Waals surface area contributed by atoms with Gasteiger partial charge in [0.2, 0.25) is 5.91 Å². The van der Waals surface area contributed by atoms with E-state index in [1.807, 2.05) is 0 Å². The third-order valence-electron chi connectivity index (χ3n) is 2.46. The summed E-state index contributed by atoms with van der Waals surface area (Å²) in [7, 11) is 0. The van der Waals surface area contributed by atoms with Crippen LogP contribution in [0.2, 0.25) is 10.0 Å². The highest BCUT2D eigenvalue weighted by Crippen LogP contribution is 2.26. The number of carboxylic acid groups (broad SMARTS) is 1. The third-order valence-corrected chi connectivity index (χ3v) is 4.28. The molecule has 2 N–H and O–H groups in total. The van der Waals surface area contributed by atoms with Gasteiger partial charge in [-0.25, -0.2) is 4.79 Å². The maximum absolute atomic E-state index is 11.7. The summed E-state index contributed by atoms with van der Waals surface area (Å²) in [6.45, 7) is 0. The Kier molecular flexibility index (Phi) is 5.01. The van der Waals surface area contributed by atoms with Crippen molar-refractivity contribution in [2.75, 3.05) is 5.32 Å². The number of amides is 1. The summed E-state index contributed by atoms with van der Waals surface area (Å²) in [6.07, 6.45) is 2.84. The highest BCUT2D eigenvalue weighted by molar-refractivity contribution is 7.18. The molecule has 4 nitrogen and oxygen atoms in total. The minimum Gasteiger partial charge on any atom is -0.477 e. The monoisotopic (exact) mass is 341 g/mol. The maximum atomic E-state index is 11.7. The Morgan fingerprint density at radius 3 is 2.62 bits per heavy atom. The van der Waals surface area contributed by atoms with E-state index in [-0.39, 0.29) is 10.8 Å². The van der Waals surface area contributed by atoms with Crippen molar-refractivity contribution in [3.63, 3.8) is 0 Å². The molecule has 0 spiro atoms. The summed E-state index contributed by atoms with van der Waals surface area (Å²) in [5.74, 6) is -1.41. The van der Waals surface area contributed by atoms with Gasteiger partial charge < -0.3 is 10.4 Å². The molecular weight excluding hydrogens is 333 g/mol. The van der Waals surface area contributed by atoms with Gasteiger partial charge in [-0.15, -0.1) is 11.3 Å². The second kappa shape index (κ2) is 6.76. The number of halogens is 2. The van der Waals surface area contributed by atoms with E-state index in [0.29, 0.717) is 20.6 Å². The molecule has 7 heteroatoms. The van der Waals surface area contributed by atoms with E-state index in [9.17, 15) is 9.59 Å². The number of carbonyl (C=O) groups excluding carboxylic acids is 1. The van der Waals surface area contributed by atoms with Crippen LogP contribution in [0.25, 0.3) is 6.08 Å². The van der Waals surface area contributed by atoms with Crippen LogP contribution in [-0.2, 0) is 4.79 Å². The Morgan fingerprint density at radius 2 is 1.95 bits per heavy atom. The largest absolute Gasteiger partial charge is 0.477 e. The Balaban J connectivity index is 2.05. The zero-order valence-corrected chi connectivity index (χ0v) is 12.8. The second-order valence-electron chi connectivity index (χ2n) is 3.93. The summed E-state index contributed by atoms with van der Waals surface area (Å²) >= 11 is 12.9. The maximum Gasteiger partial charge on any atom is 0.345 e. The van der Waals surface area contributed by atoms with Crippen molar-refractivity contribution in [3.8, 4) is 0 Å². The van der Waals surface area contributed by atoms with Crippen molar-refractivity contribution in [1.29, 1.82) is 0 Å². The summed E-state index contributed by atoms with van der Waals surface area (Å²) in [5, 5.41) is 12.6. The number of thiophene rings is 1. The lowest BCUT2D eigenvalue weighted by Crippen LogP contribution is -2.06. The molecule has 0 unspecified atom stereocenters. The number of aromatic carboxylic acids is 1. The molecular formula is C14H9Cl2NO3S. The van der Waals surface area contributed by atoms with Crippen molar-refractivity contribution < 1.29 is 14.7 Å². The first-order valence-corrected chi connectivity index (χ1v) is 7.31. The Labute approximate surface area is 134 Å².